The SMILES string of the molecule is CCCOCCOc1nc(C(C)(C)C)nc(N)c1C. The Morgan fingerprint density at radius 2 is 1.79 bits per heavy atom. The molecule has 0 fully saturated rings. The summed E-state index contributed by atoms with van der Waals surface area (Å²) in [5.74, 6) is 1.72. The van der Waals surface area contributed by atoms with Crippen LogP contribution in [0.5, 0.6) is 5.88 Å². The maximum atomic E-state index is 5.91. The van der Waals surface area contributed by atoms with E-state index in [0.717, 1.165) is 18.6 Å². The quantitative estimate of drug-likeness (QED) is 0.802. The van der Waals surface area contributed by atoms with Gasteiger partial charge < -0.3 is 15.2 Å². The Balaban J connectivity index is 2.74. The zero-order chi connectivity index (χ0) is 14.5. The van der Waals surface area contributed by atoms with Crippen molar-refractivity contribution >= 4 is 5.82 Å². The summed E-state index contributed by atoms with van der Waals surface area (Å²) >= 11 is 0. The molecule has 0 aliphatic heterocycles. The molecule has 0 unspecified atom stereocenters. The molecule has 0 aromatic carbocycles. The first-order valence-corrected chi connectivity index (χ1v) is 6.71. The van der Waals surface area contributed by atoms with E-state index >= 15 is 0 Å². The summed E-state index contributed by atoms with van der Waals surface area (Å²) in [6, 6.07) is 0. The van der Waals surface area contributed by atoms with Crippen LogP contribution in [0, 0.1) is 6.92 Å². The van der Waals surface area contributed by atoms with E-state index in [0.29, 0.717) is 30.7 Å². The highest BCUT2D eigenvalue weighted by molar-refractivity contribution is 5.45. The minimum atomic E-state index is -0.154. The average molecular weight is 267 g/mol. The van der Waals surface area contributed by atoms with Crippen molar-refractivity contribution in [2.75, 3.05) is 25.6 Å². The van der Waals surface area contributed by atoms with Crippen LogP contribution in [0.1, 0.15) is 45.5 Å². The molecular formula is C14H25N3O2. The summed E-state index contributed by atoms with van der Waals surface area (Å²) in [4.78, 5) is 8.77. The van der Waals surface area contributed by atoms with Crippen molar-refractivity contribution in [3.05, 3.63) is 11.4 Å². The van der Waals surface area contributed by atoms with Crippen LogP contribution in [-0.4, -0.2) is 29.8 Å². The van der Waals surface area contributed by atoms with Gasteiger partial charge in [-0.3, -0.25) is 0 Å². The van der Waals surface area contributed by atoms with E-state index in [1.54, 1.807) is 0 Å². The van der Waals surface area contributed by atoms with Crippen LogP contribution in [0.3, 0.4) is 0 Å². The van der Waals surface area contributed by atoms with Gasteiger partial charge in [0, 0.05) is 12.0 Å². The molecule has 1 heterocycles. The van der Waals surface area contributed by atoms with Gasteiger partial charge in [-0.25, -0.2) is 4.98 Å². The summed E-state index contributed by atoms with van der Waals surface area (Å²) in [5.41, 5.74) is 6.53. The third kappa shape index (κ3) is 4.67. The maximum absolute atomic E-state index is 5.91. The van der Waals surface area contributed by atoms with Gasteiger partial charge in [0.1, 0.15) is 18.2 Å². The molecule has 108 valence electrons. The molecular weight excluding hydrogens is 242 g/mol. The number of hydrogen-bond acceptors (Lipinski definition) is 5. The summed E-state index contributed by atoms with van der Waals surface area (Å²) < 4.78 is 11.0. The highest BCUT2D eigenvalue weighted by atomic mass is 16.5. The number of nitrogens with zero attached hydrogens (tertiary/aromatic N) is 2. The smallest absolute Gasteiger partial charge is 0.221 e. The van der Waals surface area contributed by atoms with Gasteiger partial charge in [-0.1, -0.05) is 27.7 Å². The van der Waals surface area contributed by atoms with Gasteiger partial charge in [0.05, 0.1) is 12.2 Å². The van der Waals surface area contributed by atoms with Crippen molar-refractivity contribution in [3.63, 3.8) is 0 Å². The molecule has 0 aliphatic rings. The highest BCUT2D eigenvalue weighted by Gasteiger charge is 2.20. The Hall–Kier alpha value is -1.36. The zero-order valence-corrected chi connectivity index (χ0v) is 12.6. The second-order valence-corrected chi connectivity index (χ2v) is 5.57. The number of rotatable bonds is 6. The molecule has 0 bridgehead atoms. The van der Waals surface area contributed by atoms with E-state index in [1.165, 1.54) is 0 Å². The van der Waals surface area contributed by atoms with E-state index in [2.05, 4.69) is 16.9 Å². The molecule has 0 atom stereocenters. The summed E-state index contributed by atoms with van der Waals surface area (Å²) in [7, 11) is 0. The molecule has 1 aromatic rings. The Morgan fingerprint density at radius 1 is 1.11 bits per heavy atom. The lowest BCUT2D eigenvalue weighted by Gasteiger charge is -2.19. The van der Waals surface area contributed by atoms with Crippen molar-refractivity contribution in [1.29, 1.82) is 0 Å². The molecule has 5 heteroatoms. The van der Waals surface area contributed by atoms with Gasteiger partial charge in [0.2, 0.25) is 5.88 Å². The van der Waals surface area contributed by atoms with Crippen molar-refractivity contribution in [2.24, 2.45) is 0 Å². The fraction of sp³-hybridized carbons (Fsp3) is 0.714. The fourth-order valence-electron chi connectivity index (χ4n) is 1.43. The first-order valence-electron chi connectivity index (χ1n) is 6.71. The molecule has 0 amide bonds. The Labute approximate surface area is 115 Å². The average Bonchev–Trinajstić information content (AvgIpc) is 2.32. The van der Waals surface area contributed by atoms with Crippen molar-refractivity contribution in [2.45, 2.75) is 46.5 Å². The molecule has 2 N–H and O–H groups in total. The Morgan fingerprint density at radius 3 is 2.37 bits per heavy atom. The van der Waals surface area contributed by atoms with Gasteiger partial charge >= 0.3 is 0 Å². The second kappa shape index (κ2) is 6.70. The first kappa shape index (κ1) is 15.7. The standard InChI is InChI=1S/C14H25N3O2/c1-6-7-18-8-9-19-12-10(2)11(15)16-13(17-12)14(3,4)5/h6-9H2,1-5H3,(H2,15,16,17). The van der Waals surface area contributed by atoms with E-state index in [-0.39, 0.29) is 5.41 Å². The fourth-order valence-corrected chi connectivity index (χ4v) is 1.43. The Bertz CT molecular complexity index is 414. The molecule has 5 nitrogen and oxygen atoms in total. The summed E-state index contributed by atoms with van der Waals surface area (Å²) in [6.45, 7) is 11.9. The number of nitrogen functional groups attached to an aromatic ring is 1. The van der Waals surface area contributed by atoms with Crippen LogP contribution in [0.25, 0.3) is 0 Å². The van der Waals surface area contributed by atoms with Crippen LogP contribution < -0.4 is 10.5 Å². The topological polar surface area (TPSA) is 70.3 Å². The van der Waals surface area contributed by atoms with Crippen LogP contribution in [0.4, 0.5) is 5.82 Å². The third-order valence-electron chi connectivity index (χ3n) is 2.62. The van der Waals surface area contributed by atoms with Gasteiger partial charge in [-0.05, 0) is 13.3 Å². The zero-order valence-electron chi connectivity index (χ0n) is 12.6. The van der Waals surface area contributed by atoms with E-state index in [4.69, 9.17) is 15.2 Å². The normalized spacial score (nSPS) is 11.6. The van der Waals surface area contributed by atoms with Crippen molar-refractivity contribution in [1.82, 2.24) is 9.97 Å². The van der Waals surface area contributed by atoms with Crippen molar-refractivity contribution in [3.8, 4) is 5.88 Å². The van der Waals surface area contributed by atoms with Crippen LogP contribution in [-0.2, 0) is 10.2 Å². The van der Waals surface area contributed by atoms with E-state index in [9.17, 15) is 0 Å². The Kier molecular flexibility index (Phi) is 5.54. The number of aromatic nitrogens is 2. The second-order valence-electron chi connectivity index (χ2n) is 5.57. The predicted molar refractivity (Wildman–Crippen MR) is 76.5 cm³/mol. The lowest BCUT2D eigenvalue weighted by Crippen LogP contribution is -2.19. The van der Waals surface area contributed by atoms with Crippen molar-refractivity contribution < 1.29 is 9.47 Å². The highest BCUT2D eigenvalue weighted by Crippen LogP contribution is 2.25. The largest absolute Gasteiger partial charge is 0.475 e. The van der Waals surface area contributed by atoms with E-state index in [1.807, 2.05) is 27.7 Å². The van der Waals surface area contributed by atoms with Crippen LogP contribution in [0.15, 0.2) is 0 Å². The molecule has 1 rings (SSSR count). The lowest BCUT2D eigenvalue weighted by atomic mass is 9.95. The number of anilines is 1. The van der Waals surface area contributed by atoms with E-state index < -0.39 is 0 Å². The van der Waals surface area contributed by atoms with Gasteiger partial charge in [0.25, 0.3) is 0 Å². The van der Waals surface area contributed by atoms with Gasteiger partial charge in [-0.15, -0.1) is 0 Å². The molecule has 0 aliphatic carbocycles. The van der Waals surface area contributed by atoms with Gasteiger partial charge in [0.15, 0.2) is 0 Å². The van der Waals surface area contributed by atoms with Crippen LogP contribution in [0.2, 0.25) is 0 Å². The minimum absolute atomic E-state index is 0.154. The minimum Gasteiger partial charge on any atom is -0.475 e. The molecule has 1 aromatic heterocycles. The predicted octanol–water partition coefficient (Wildman–Crippen LogP) is 2.47. The molecule has 0 saturated carbocycles. The molecule has 19 heavy (non-hydrogen) atoms. The first-order chi connectivity index (χ1) is 8.86. The summed E-state index contributed by atoms with van der Waals surface area (Å²) in [6.07, 6.45) is 1.01. The summed E-state index contributed by atoms with van der Waals surface area (Å²) in [5, 5.41) is 0. The number of hydrogen-bond donors (Lipinski definition) is 1. The molecule has 0 saturated heterocycles. The number of nitrogens with two attached hydrogens (primary N) is 1. The van der Waals surface area contributed by atoms with Crippen LogP contribution >= 0.6 is 0 Å². The monoisotopic (exact) mass is 267 g/mol. The van der Waals surface area contributed by atoms with Gasteiger partial charge in [-0.2, -0.15) is 4.98 Å². The molecule has 0 radical (unpaired) electrons. The third-order valence-corrected chi connectivity index (χ3v) is 2.62. The lowest BCUT2D eigenvalue weighted by molar-refractivity contribution is 0.0985. The number of ether oxygens (including phenoxy) is 2. The maximum Gasteiger partial charge on any atom is 0.221 e. The molecule has 0 spiro atoms.